The first-order valence-electron chi connectivity index (χ1n) is 6.91. The number of methoxy groups -OCH3 is 1. The number of benzene rings is 1. The van der Waals surface area contributed by atoms with E-state index in [1.807, 2.05) is 25.1 Å². The van der Waals surface area contributed by atoms with Gasteiger partial charge in [0, 0.05) is 11.7 Å². The Balaban J connectivity index is 1.89. The largest absolute Gasteiger partial charge is 0.496 e. The quantitative estimate of drug-likeness (QED) is 0.827. The van der Waals surface area contributed by atoms with Gasteiger partial charge in [0.05, 0.1) is 7.11 Å². The maximum atomic E-state index is 5.37. The summed E-state index contributed by atoms with van der Waals surface area (Å²) in [7, 11) is 1.69. The fourth-order valence-electron chi connectivity index (χ4n) is 2.56. The highest BCUT2D eigenvalue weighted by molar-refractivity contribution is 7.80. The first-order valence-corrected chi connectivity index (χ1v) is 7.32. The van der Waals surface area contributed by atoms with Gasteiger partial charge in [0.2, 0.25) is 0 Å². The maximum absolute atomic E-state index is 5.37. The number of anilines is 1. The predicted octanol–water partition coefficient (Wildman–Crippen LogP) is 3.62. The normalized spacial score (nSPS) is 15.9. The SMILES string of the molecule is COc1ccc(NC(=S)NC2CCCCC2)cc1C. The van der Waals surface area contributed by atoms with Gasteiger partial charge in [-0.05, 0) is 55.7 Å². The Bertz CT molecular complexity index is 442. The van der Waals surface area contributed by atoms with Crippen molar-refractivity contribution in [2.75, 3.05) is 12.4 Å². The van der Waals surface area contributed by atoms with Crippen molar-refractivity contribution in [2.24, 2.45) is 0 Å². The second kappa shape index (κ2) is 6.75. The van der Waals surface area contributed by atoms with E-state index in [-0.39, 0.29) is 0 Å². The molecule has 0 atom stereocenters. The number of rotatable bonds is 3. The van der Waals surface area contributed by atoms with Crippen molar-refractivity contribution in [3.63, 3.8) is 0 Å². The fourth-order valence-corrected chi connectivity index (χ4v) is 2.84. The van der Waals surface area contributed by atoms with Crippen LogP contribution in [0.2, 0.25) is 0 Å². The lowest BCUT2D eigenvalue weighted by molar-refractivity contribution is 0.411. The van der Waals surface area contributed by atoms with Crippen LogP contribution in [-0.2, 0) is 0 Å². The van der Waals surface area contributed by atoms with Gasteiger partial charge in [-0.3, -0.25) is 0 Å². The van der Waals surface area contributed by atoms with Crippen molar-refractivity contribution in [2.45, 2.75) is 45.1 Å². The van der Waals surface area contributed by atoms with E-state index in [0.29, 0.717) is 6.04 Å². The Labute approximate surface area is 120 Å². The van der Waals surface area contributed by atoms with Crippen molar-refractivity contribution in [3.05, 3.63) is 23.8 Å². The lowest BCUT2D eigenvalue weighted by Gasteiger charge is -2.24. The van der Waals surface area contributed by atoms with Crippen LogP contribution in [0.25, 0.3) is 0 Å². The van der Waals surface area contributed by atoms with E-state index in [1.54, 1.807) is 7.11 Å². The molecule has 1 saturated carbocycles. The van der Waals surface area contributed by atoms with Crippen LogP contribution in [0, 0.1) is 6.92 Å². The van der Waals surface area contributed by atoms with Gasteiger partial charge in [-0.2, -0.15) is 0 Å². The van der Waals surface area contributed by atoms with Crippen molar-refractivity contribution in [1.29, 1.82) is 0 Å². The molecule has 0 unspecified atom stereocenters. The smallest absolute Gasteiger partial charge is 0.170 e. The minimum Gasteiger partial charge on any atom is -0.496 e. The first kappa shape index (κ1) is 14.1. The lowest BCUT2D eigenvalue weighted by Crippen LogP contribution is -2.38. The van der Waals surface area contributed by atoms with Crippen LogP contribution in [-0.4, -0.2) is 18.3 Å². The Morgan fingerprint density at radius 3 is 2.63 bits per heavy atom. The molecule has 1 aromatic rings. The Morgan fingerprint density at radius 1 is 1.26 bits per heavy atom. The summed E-state index contributed by atoms with van der Waals surface area (Å²) in [4.78, 5) is 0. The summed E-state index contributed by atoms with van der Waals surface area (Å²) in [6.45, 7) is 2.03. The third kappa shape index (κ3) is 4.10. The van der Waals surface area contributed by atoms with E-state index in [4.69, 9.17) is 17.0 Å². The van der Waals surface area contributed by atoms with E-state index in [2.05, 4.69) is 10.6 Å². The molecule has 0 saturated heterocycles. The zero-order valence-electron chi connectivity index (χ0n) is 11.7. The average Bonchev–Trinajstić information content (AvgIpc) is 2.40. The second-order valence-corrected chi connectivity index (χ2v) is 5.53. The Morgan fingerprint density at radius 2 is 2.00 bits per heavy atom. The van der Waals surface area contributed by atoms with Crippen LogP contribution >= 0.6 is 12.2 Å². The van der Waals surface area contributed by atoms with Crippen LogP contribution in [0.15, 0.2) is 18.2 Å². The first-order chi connectivity index (χ1) is 9.19. The topological polar surface area (TPSA) is 33.3 Å². The molecule has 2 rings (SSSR count). The number of thiocarbonyl (C=S) groups is 1. The zero-order valence-corrected chi connectivity index (χ0v) is 12.5. The van der Waals surface area contributed by atoms with Gasteiger partial charge in [0.1, 0.15) is 5.75 Å². The molecule has 0 aromatic heterocycles. The highest BCUT2D eigenvalue weighted by Crippen LogP contribution is 2.22. The number of hydrogen-bond donors (Lipinski definition) is 2. The van der Waals surface area contributed by atoms with Crippen molar-refractivity contribution in [1.82, 2.24) is 5.32 Å². The summed E-state index contributed by atoms with van der Waals surface area (Å²) < 4.78 is 5.25. The molecule has 0 aliphatic heterocycles. The van der Waals surface area contributed by atoms with Crippen LogP contribution in [0.3, 0.4) is 0 Å². The van der Waals surface area contributed by atoms with Crippen molar-refractivity contribution >= 4 is 23.0 Å². The molecule has 0 spiro atoms. The zero-order chi connectivity index (χ0) is 13.7. The summed E-state index contributed by atoms with van der Waals surface area (Å²) in [6, 6.07) is 6.53. The van der Waals surface area contributed by atoms with E-state index < -0.39 is 0 Å². The molecule has 2 N–H and O–H groups in total. The van der Waals surface area contributed by atoms with Crippen molar-refractivity contribution < 1.29 is 4.74 Å². The molecule has 0 amide bonds. The summed E-state index contributed by atoms with van der Waals surface area (Å²) in [5, 5.41) is 7.37. The van der Waals surface area contributed by atoms with Gasteiger partial charge in [-0.1, -0.05) is 19.3 Å². The monoisotopic (exact) mass is 278 g/mol. The molecule has 1 fully saturated rings. The summed E-state index contributed by atoms with van der Waals surface area (Å²) >= 11 is 5.37. The third-order valence-electron chi connectivity index (χ3n) is 3.59. The van der Waals surface area contributed by atoms with E-state index >= 15 is 0 Å². The summed E-state index contributed by atoms with van der Waals surface area (Å²) in [5.41, 5.74) is 2.11. The highest BCUT2D eigenvalue weighted by atomic mass is 32.1. The average molecular weight is 278 g/mol. The molecule has 1 aliphatic rings. The fraction of sp³-hybridized carbons (Fsp3) is 0.533. The Kier molecular flexibility index (Phi) is 5.02. The highest BCUT2D eigenvalue weighted by Gasteiger charge is 2.14. The number of nitrogens with one attached hydrogen (secondary N) is 2. The molecule has 0 bridgehead atoms. The van der Waals surface area contributed by atoms with Crippen molar-refractivity contribution in [3.8, 4) is 5.75 Å². The molecule has 0 heterocycles. The van der Waals surface area contributed by atoms with Gasteiger partial charge < -0.3 is 15.4 Å². The summed E-state index contributed by atoms with van der Waals surface area (Å²) in [5.74, 6) is 0.900. The molecule has 104 valence electrons. The van der Waals surface area contributed by atoms with Gasteiger partial charge in [0.25, 0.3) is 0 Å². The molecular weight excluding hydrogens is 256 g/mol. The minimum atomic E-state index is 0.535. The van der Waals surface area contributed by atoms with E-state index in [1.165, 1.54) is 32.1 Å². The van der Waals surface area contributed by atoms with Crippen LogP contribution in [0.5, 0.6) is 5.75 Å². The lowest BCUT2D eigenvalue weighted by atomic mass is 9.96. The molecule has 4 heteroatoms. The number of aryl methyl sites for hydroxylation is 1. The van der Waals surface area contributed by atoms with Crippen LogP contribution in [0.1, 0.15) is 37.7 Å². The van der Waals surface area contributed by atoms with Gasteiger partial charge in [-0.15, -0.1) is 0 Å². The molecular formula is C15H22N2OS. The molecule has 1 aliphatic carbocycles. The molecule has 19 heavy (non-hydrogen) atoms. The van der Waals surface area contributed by atoms with E-state index in [9.17, 15) is 0 Å². The number of ether oxygens (including phenoxy) is 1. The summed E-state index contributed by atoms with van der Waals surface area (Å²) in [6.07, 6.45) is 6.42. The standard InChI is InChI=1S/C15H22N2OS/c1-11-10-13(8-9-14(11)18-2)17-15(19)16-12-6-4-3-5-7-12/h8-10,12H,3-7H2,1-2H3,(H2,16,17,19). The minimum absolute atomic E-state index is 0.535. The maximum Gasteiger partial charge on any atom is 0.170 e. The van der Waals surface area contributed by atoms with Crippen LogP contribution < -0.4 is 15.4 Å². The Hall–Kier alpha value is -1.29. The number of hydrogen-bond acceptors (Lipinski definition) is 2. The van der Waals surface area contributed by atoms with Gasteiger partial charge in [0.15, 0.2) is 5.11 Å². The van der Waals surface area contributed by atoms with Crippen LogP contribution in [0.4, 0.5) is 5.69 Å². The third-order valence-corrected chi connectivity index (χ3v) is 3.81. The predicted molar refractivity (Wildman–Crippen MR) is 84.0 cm³/mol. The molecule has 3 nitrogen and oxygen atoms in total. The van der Waals surface area contributed by atoms with Gasteiger partial charge >= 0.3 is 0 Å². The second-order valence-electron chi connectivity index (χ2n) is 5.12. The molecule has 0 radical (unpaired) electrons. The van der Waals surface area contributed by atoms with E-state index in [0.717, 1.165) is 22.1 Å². The molecule has 1 aromatic carbocycles. The van der Waals surface area contributed by atoms with Gasteiger partial charge in [-0.25, -0.2) is 0 Å².